The first-order valence-corrected chi connectivity index (χ1v) is 8.86. The zero-order valence-corrected chi connectivity index (χ0v) is 15.6. The third kappa shape index (κ3) is 7.55. The molecular formula is C19H27N3O4. The van der Waals surface area contributed by atoms with E-state index in [0.717, 1.165) is 24.1 Å². The maximum atomic E-state index is 11.8. The standard InChI is InChI=1S/C19H27N3O4/c1-19(2,3)26-18(25)20-11-10-16(23)21-12-13-4-8-15(9-5-13)22-17(24)14-6-7-14/h4-5,8-9,14H,6-7,10-12H2,1-3H3,(H,20,25)(H,21,23)(H,22,24). The normalized spacial score (nSPS) is 13.7. The monoisotopic (exact) mass is 361 g/mol. The largest absolute Gasteiger partial charge is 0.444 e. The average Bonchev–Trinajstić information content (AvgIpc) is 3.37. The summed E-state index contributed by atoms with van der Waals surface area (Å²) >= 11 is 0. The van der Waals surface area contributed by atoms with Gasteiger partial charge in [-0.25, -0.2) is 4.79 Å². The summed E-state index contributed by atoms with van der Waals surface area (Å²) < 4.78 is 5.09. The van der Waals surface area contributed by atoms with Gasteiger partial charge in [0.25, 0.3) is 0 Å². The van der Waals surface area contributed by atoms with Crippen molar-refractivity contribution in [2.24, 2.45) is 5.92 Å². The van der Waals surface area contributed by atoms with E-state index >= 15 is 0 Å². The molecule has 0 spiro atoms. The number of carbonyl (C=O) groups is 3. The van der Waals surface area contributed by atoms with Crippen LogP contribution in [0.15, 0.2) is 24.3 Å². The molecule has 0 radical (unpaired) electrons. The number of alkyl carbamates (subject to hydrolysis) is 1. The Morgan fingerprint density at radius 2 is 1.73 bits per heavy atom. The minimum Gasteiger partial charge on any atom is -0.444 e. The van der Waals surface area contributed by atoms with E-state index in [4.69, 9.17) is 4.74 Å². The lowest BCUT2D eigenvalue weighted by Crippen LogP contribution is -2.35. The first-order chi connectivity index (χ1) is 12.2. The van der Waals surface area contributed by atoms with Gasteiger partial charge in [0, 0.05) is 31.1 Å². The van der Waals surface area contributed by atoms with Crippen LogP contribution in [0.2, 0.25) is 0 Å². The van der Waals surface area contributed by atoms with Crippen LogP contribution in [-0.2, 0) is 20.9 Å². The van der Waals surface area contributed by atoms with Gasteiger partial charge in [-0.15, -0.1) is 0 Å². The minimum absolute atomic E-state index is 0.0727. The van der Waals surface area contributed by atoms with Crippen molar-refractivity contribution in [1.82, 2.24) is 10.6 Å². The Bertz CT molecular complexity index is 646. The highest BCUT2D eigenvalue weighted by Crippen LogP contribution is 2.30. The zero-order chi connectivity index (χ0) is 19.2. The van der Waals surface area contributed by atoms with Gasteiger partial charge in [-0.1, -0.05) is 12.1 Å². The second kappa shape index (κ2) is 8.69. The van der Waals surface area contributed by atoms with Crippen LogP contribution in [0.3, 0.4) is 0 Å². The summed E-state index contributed by atoms with van der Waals surface area (Å²) in [6.45, 7) is 5.95. The Balaban J connectivity index is 1.64. The molecule has 3 N–H and O–H groups in total. The van der Waals surface area contributed by atoms with Crippen LogP contribution in [0.5, 0.6) is 0 Å². The second-order valence-electron chi connectivity index (χ2n) is 7.42. The van der Waals surface area contributed by atoms with E-state index in [1.54, 1.807) is 20.8 Å². The quantitative estimate of drug-likeness (QED) is 0.695. The van der Waals surface area contributed by atoms with Gasteiger partial charge in [-0.2, -0.15) is 0 Å². The molecule has 7 nitrogen and oxygen atoms in total. The molecule has 0 unspecified atom stereocenters. The molecule has 0 bridgehead atoms. The number of benzene rings is 1. The summed E-state index contributed by atoms with van der Waals surface area (Å²) in [6, 6.07) is 7.38. The Hall–Kier alpha value is -2.57. The molecule has 0 atom stereocenters. The molecule has 1 saturated carbocycles. The van der Waals surface area contributed by atoms with Gasteiger partial charge in [0.1, 0.15) is 5.60 Å². The van der Waals surface area contributed by atoms with Crippen molar-refractivity contribution in [1.29, 1.82) is 0 Å². The Morgan fingerprint density at radius 3 is 2.31 bits per heavy atom. The molecule has 2 rings (SSSR count). The molecule has 3 amide bonds. The fourth-order valence-corrected chi connectivity index (χ4v) is 2.18. The molecule has 0 heterocycles. The number of amides is 3. The lowest BCUT2D eigenvalue weighted by molar-refractivity contribution is -0.121. The highest BCUT2D eigenvalue weighted by molar-refractivity contribution is 5.94. The first-order valence-electron chi connectivity index (χ1n) is 8.86. The molecule has 0 saturated heterocycles. The number of carbonyl (C=O) groups excluding carboxylic acids is 3. The zero-order valence-electron chi connectivity index (χ0n) is 15.6. The molecule has 1 fully saturated rings. The van der Waals surface area contributed by atoms with Crippen molar-refractivity contribution in [2.45, 2.75) is 52.2 Å². The van der Waals surface area contributed by atoms with Crippen LogP contribution >= 0.6 is 0 Å². The van der Waals surface area contributed by atoms with Gasteiger partial charge in [0.15, 0.2) is 0 Å². The Labute approximate surface area is 153 Å². The first kappa shape index (κ1) is 19.8. The van der Waals surface area contributed by atoms with Crippen LogP contribution in [0.1, 0.15) is 45.6 Å². The lowest BCUT2D eigenvalue weighted by atomic mass is 10.2. The van der Waals surface area contributed by atoms with Crippen LogP contribution in [0.4, 0.5) is 10.5 Å². The van der Waals surface area contributed by atoms with Crippen molar-refractivity contribution in [3.63, 3.8) is 0 Å². The minimum atomic E-state index is -0.559. The van der Waals surface area contributed by atoms with Crippen LogP contribution < -0.4 is 16.0 Å². The molecule has 1 aromatic rings. The van der Waals surface area contributed by atoms with Crippen LogP contribution in [0, 0.1) is 5.92 Å². The van der Waals surface area contributed by atoms with Gasteiger partial charge in [0.2, 0.25) is 11.8 Å². The van der Waals surface area contributed by atoms with E-state index in [2.05, 4.69) is 16.0 Å². The predicted molar refractivity (Wildman–Crippen MR) is 98.5 cm³/mol. The number of hydrogen-bond donors (Lipinski definition) is 3. The number of nitrogens with one attached hydrogen (secondary N) is 3. The van der Waals surface area contributed by atoms with Gasteiger partial charge in [-0.3, -0.25) is 9.59 Å². The number of rotatable bonds is 7. The van der Waals surface area contributed by atoms with Crippen molar-refractivity contribution in [3.8, 4) is 0 Å². The fraction of sp³-hybridized carbons (Fsp3) is 0.526. The van der Waals surface area contributed by atoms with E-state index in [1.807, 2.05) is 24.3 Å². The third-order valence-electron chi connectivity index (χ3n) is 3.68. The topological polar surface area (TPSA) is 96.5 Å². The van der Waals surface area contributed by atoms with Crippen molar-refractivity contribution >= 4 is 23.6 Å². The van der Waals surface area contributed by atoms with E-state index in [-0.39, 0.29) is 30.7 Å². The molecule has 1 aromatic carbocycles. The summed E-state index contributed by atoms with van der Waals surface area (Å²) in [7, 11) is 0. The maximum absolute atomic E-state index is 11.8. The molecule has 1 aliphatic rings. The highest BCUT2D eigenvalue weighted by Gasteiger charge is 2.29. The molecule has 1 aliphatic carbocycles. The Morgan fingerprint density at radius 1 is 1.08 bits per heavy atom. The number of ether oxygens (including phenoxy) is 1. The van der Waals surface area contributed by atoms with E-state index < -0.39 is 11.7 Å². The molecule has 0 aromatic heterocycles. The highest BCUT2D eigenvalue weighted by atomic mass is 16.6. The third-order valence-corrected chi connectivity index (χ3v) is 3.68. The SMILES string of the molecule is CC(C)(C)OC(=O)NCCC(=O)NCc1ccc(NC(=O)C2CC2)cc1. The molecule has 26 heavy (non-hydrogen) atoms. The second-order valence-corrected chi connectivity index (χ2v) is 7.42. The van der Waals surface area contributed by atoms with E-state index in [1.165, 1.54) is 0 Å². The average molecular weight is 361 g/mol. The van der Waals surface area contributed by atoms with Crippen molar-refractivity contribution in [2.75, 3.05) is 11.9 Å². The van der Waals surface area contributed by atoms with Crippen molar-refractivity contribution in [3.05, 3.63) is 29.8 Å². The Kier molecular flexibility index (Phi) is 6.60. The summed E-state index contributed by atoms with van der Waals surface area (Å²) in [4.78, 5) is 35.0. The van der Waals surface area contributed by atoms with Gasteiger partial charge in [-0.05, 0) is 51.3 Å². The molecule has 142 valence electrons. The smallest absolute Gasteiger partial charge is 0.407 e. The predicted octanol–water partition coefficient (Wildman–Crippen LogP) is 2.57. The molecule has 0 aliphatic heterocycles. The number of anilines is 1. The summed E-state index contributed by atoms with van der Waals surface area (Å²) in [5, 5.41) is 8.21. The van der Waals surface area contributed by atoms with E-state index in [9.17, 15) is 14.4 Å². The maximum Gasteiger partial charge on any atom is 0.407 e. The van der Waals surface area contributed by atoms with Gasteiger partial charge >= 0.3 is 6.09 Å². The van der Waals surface area contributed by atoms with Gasteiger partial charge < -0.3 is 20.7 Å². The summed E-state index contributed by atoms with van der Waals surface area (Å²) in [5.74, 6) is 0.0824. The van der Waals surface area contributed by atoms with Crippen molar-refractivity contribution < 1.29 is 19.1 Å². The lowest BCUT2D eigenvalue weighted by Gasteiger charge is -2.19. The summed E-state index contributed by atoms with van der Waals surface area (Å²) in [6.07, 6.45) is 1.58. The van der Waals surface area contributed by atoms with Gasteiger partial charge in [0.05, 0.1) is 0 Å². The van der Waals surface area contributed by atoms with Crippen LogP contribution in [0.25, 0.3) is 0 Å². The van der Waals surface area contributed by atoms with Crippen LogP contribution in [-0.4, -0.2) is 30.1 Å². The van der Waals surface area contributed by atoms with E-state index in [0.29, 0.717) is 6.54 Å². The molecular weight excluding hydrogens is 334 g/mol. The molecule has 7 heteroatoms. The summed E-state index contributed by atoms with van der Waals surface area (Å²) in [5.41, 5.74) is 1.14. The number of hydrogen-bond acceptors (Lipinski definition) is 4. The fourth-order valence-electron chi connectivity index (χ4n) is 2.18.